The molecule has 1 aromatic rings. The van der Waals surface area contributed by atoms with Crippen molar-refractivity contribution < 1.29 is 19.4 Å². The summed E-state index contributed by atoms with van der Waals surface area (Å²) in [6.07, 6.45) is 1.24. The highest BCUT2D eigenvalue weighted by Gasteiger charge is 2.14. The number of amides is 2. The van der Waals surface area contributed by atoms with Crippen molar-refractivity contribution in [3.8, 4) is 11.5 Å². The monoisotopic (exact) mass is 316 g/mol. The van der Waals surface area contributed by atoms with E-state index >= 15 is 0 Å². The quantitative estimate of drug-likeness (QED) is 0.722. The van der Waals surface area contributed by atoms with Crippen LogP contribution in [0.3, 0.4) is 0 Å². The third-order valence-electron chi connectivity index (χ3n) is 3.03. The van der Waals surface area contributed by atoms with Crippen LogP contribution in [0.5, 0.6) is 11.5 Å². The number of benzene rings is 1. The predicted molar refractivity (Wildman–Crippen MR) is 82.5 cm³/mol. The first-order valence-electron chi connectivity index (χ1n) is 6.65. The summed E-state index contributed by atoms with van der Waals surface area (Å²) in [7, 11) is 2.98. The van der Waals surface area contributed by atoms with Gasteiger partial charge in [0.25, 0.3) is 0 Å². The number of hydrogen-bond donors (Lipinski definition) is 3. The molecule has 0 aromatic heterocycles. The van der Waals surface area contributed by atoms with E-state index in [9.17, 15) is 4.79 Å². The van der Waals surface area contributed by atoms with Crippen molar-refractivity contribution in [3.63, 3.8) is 0 Å². The average Bonchev–Trinajstić information content (AvgIpc) is 2.47. The van der Waals surface area contributed by atoms with Crippen LogP contribution in [0.15, 0.2) is 12.1 Å². The van der Waals surface area contributed by atoms with Gasteiger partial charge in [-0.05, 0) is 12.8 Å². The van der Waals surface area contributed by atoms with Crippen LogP contribution in [0.2, 0.25) is 5.02 Å². The topological polar surface area (TPSA) is 79.8 Å². The van der Waals surface area contributed by atoms with Gasteiger partial charge in [0.1, 0.15) is 11.5 Å². The Morgan fingerprint density at radius 1 is 1.33 bits per heavy atom. The lowest BCUT2D eigenvalue weighted by atomic mass is 10.1. The van der Waals surface area contributed by atoms with Crippen LogP contribution in [-0.2, 0) is 0 Å². The summed E-state index contributed by atoms with van der Waals surface area (Å²) in [5, 5.41) is 14.8. The van der Waals surface area contributed by atoms with Gasteiger partial charge in [-0.15, -0.1) is 0 Å². The number of ether oxygens (including phenoxy) is 2. The summed E-state index contributed by atoms with van der Waals surface area (Å²) in [6.45, 7) is 1.96. The number of nitrogens with one attached hydrogen (secondary N) is 2. The fourth-order valence-corrected chi connectivity index (χ4v) is 2.07. The molecule has 0 spiro atoms. The van der Waals surface area contributed by atoms with Crippen molar-refractivity contribution in [2.45, 2.75) is 25.8 Å². The smallest absolute Gasteiger partial charge is 0.319 e. The Balaban J connectivity index is 2.83. The molecule has 3 N–H and O–H groups in total. The first kappa shape index (κ1) is 17.4. The maximum absolute atomic E-state index is 12.0. The molecule has 0 radical (unpaired) electrons. The van der Waals surface area contributed by atoms with Crippen molar-refractivity contribution >= 4 is 23.3 Å². The number of urea groups is 1. The predicted octanol–water partition coefficient (Wildman–Crippen LogP) is 2.64. The van der Waals surface area contributed by atoms with Gasteiger partial charge >= 0.3 is 6.03 Å². The Hall–Kier alpha value is -1.66. The summed E-state index contributed by atoms with van der Waals surface area (Å²) < 4.78 is 10.3. The number of carbonyl (C=O) groups is 1. The van der Waals surface area contributed by atoms with Crippen molar-refractivity contribution in [1.82, 2.24) is 5.32 Å². The molecule has 6 nitrogen and oxygen atoms in total. The lowest BCUT2D eigenvalue weighted by Crippen LogP contribution is -2.38. The van der Waals surface area contributed by atoms with E-state index in [0.29, 0.717) is 28.6 Å². The highest BCUT2D eigenvalue weighted by atomic mass is 35.5. The number of aliphatic hydroxyl groups is 1. The molecule has 0 aliphatic carbocycles. The van der Waals surface area contributed by atoms with Gasteiger partial charge in [-0.1, -0.05) is 18.5 Å². The second kappa shape index (κ2) is 8.59. The molecule has 0 bridgehead atoms. The average molecular weight is 317 g/mol. The normalized spacial score (nSPS) is 11.7. The molecule has 0 fully saturated rings. The summed E-state index contributed by atoms with van der Waals surface area (Å²) >= 11 is 6.00. The van der Waals surface area contributed by atoms with E-state index in [1.54, 1.807) is 12.1 Å². The van der Waals surface area contributed by atoms with Gasteiger partial charge in [-0.2, -0.15) is 0 Å². The van der Waals surface area contributed by atoms with Crippen molar-refractivity contribution in [3.05, 3.63) is 17.2 Å². The molecule has 0 saturated heterocycles. The van der Waals surface area contributed by atoms with Crippen LogP contribution in [0, 0.1) is 0 Å². The molecule has 0 aliphatic rings. The Morgan fingerprint density at radius 3 is 2.52 bits per heavy atom. The molecule has 0 aliphatic heterocycles. The molecule has 1 rings (SSSR count). The molecule has 7 heteroatoms. The van der Waals surface area contributed by atoms with E-state index in [-0.39, 0.29) is 18.7 Å². The van der Waals surface area contributed by atoms with E-state index in [1.165, 1.54) is 14.2 Å². The molecular formula is C14H21ClN2O4. The molecule has 21 heavy (non-hydrogen) atoms. The van der Waals surface area contributed by atoms with Crippen LogP contribution in [0.25, 0.3) is 0 Å². The van der Waals surface area contributed by atoms with E-state index in [2.05, 4.69) is 10.6 Å². The van der Waals surface area contributed by atoms with Crippen LogP contribution in [0.4, 0.5) is 10.5 Å². The van der Waals surface area contributed by atoms with Crippen molar-refractivity contribution in [1.29, 1.82) is 0 Å². The highest BCUT2D eigenvalue weighted by Crippen LogP contribution is 2.35. The van der Waals surface area contributed by atoms with Gasteiger partial charge in [0.15, 0.2) is 0 Å². The second-order valence-electron chi connectivity index (χ2n) is 4.40. The minimum absolute atomic E-state index is 0.0247. The largest absolute Gasteiger partial charge is 0.495 e. The van der Waals surface area contributed by atoms with E-state index < -0.39 is 0 Å². The maximum atomic E-state index is 12.0. The Labute approximate surface area is 129 Å². The SMILES string of the molecule is CCC(CCO)NC(=O)Nc1cc(OC)c(Cl)cc1OC. The van der Waals surface area contributed by atoms with E-state index in [0.717, 1.165) is 6.42 Å². The molecule has 118 valence electrons. The molecule has 2 amide bonds. The third kappa shape index (κ3) is 4.99. The first-order chi connectivity index (χ1) is 10.0. The molecule has 1 unspecified atom stereocenters. The van der Waals surface area contributed by atoms with Gasteiger partial charge in [-0.3, -0.25) is 0 Å². The summed E-state index contributed by atoms with van der Waals surface area (Å²) in [5.74, 6) is 0.876. The number of methoxy groups -OCH3 is 2. The van der Waals surface area contributed by atoms with Gasteiger partial charge in [0.2, 0.25) is 0 Å². The zero-order valence-electron chi connectivity index (χ0n) is 12.4. The molecule has 0 heterocycles. The number of aliphatic hydroxyl groups excluding tert-OH is 1. The van der Waals surface area contributed by atoms with Crippen molar-refractivity contribution in [2.24, 2.45) is 0 Å². The lowest BCUT2D eigenvalue weighted by Gasteiger charge is -2.18. The number of carbonyl (C=O) groups excluding carboxylic acids is 1. The third-order valence-corrected chi connectivity index (χ3v) is 3.32. The molecule has 0 saturated carbocycles. The minimum Gasteiger partial charge on any atom is -0.495 e. The fourth-order valence-electron chi connectivity index (χ4n) is 1.84. The number of rotatable bonds is 7. The van der Waals surface area contributed by atoms with Crippen LogP contribution in [0.1, 0.15) is 19.8 Å². The number of halogens is 1. The molecular weight excluding hydrogens is 296 g/mol. The Morgan fingerprint density at radius 2 is 2.00 bits per heavy atom. The molecule has 1 atom stereocenters. The summed E-state index contributed by atoms with van der Waals surface area (Å²) in [5.41, 5.74) is 0.454. The van der Waals surface area contributed by atoms with Crippen LogP contribution < -0.4 is 20.1 Å². The number of hydrogen-bond acceptors (Lipinski definition) is 4. The second-order valence-corrected chi connectivity index (χ2v) is 4.81. The Kier molecular flexibility index (Phi) is 7.11. The van der Waals surface area contributed by atoms with Gasteiger partial charge < -0.3 is 25.2 Å². The lowest BCUT2D eigenvalue weighted by molar-refractivity contribution is 0.237. The summed E-state index contributed by atoms with van der Waals surface area (Å²) in [6, 6.07) is 2.70. The zero-order chi connectivity index (χ0) is 15.8. The van der Waals surface area contributed by atoms with Gasteiger partial charge in [-0.25, -0.2) is 4.79 Å². The maximum Gasteiger partial charge on any atom is 0.319 e. The first-order valence-corrected chi connectivity index (χ1v) is 7.03. The zero-order valence-corrected chi connectivity index (χ0v) is 13.2. The van der Waals surface area contributed by atoms with Crippen LogP contribution in [-0.4, -0.2) is 38.0 Å². The Bertz CT molecular complexity index is 482. The van der Waals surface area contributed by atoms with E-state index in [1.807, 2.05) is 6.92 Å². The fraction of sp³-hybridized carbons (Fsp3) is 0.500. The standard InChI is InChI=1S/C14H21ClN2O4/c1-4-9(5-6-18)16-14(19)17-11-8-12(20-2)10(15)7-13(11)21-3/h7-9,18H,4-6H2,1-3H3,(H2,16,17,19). The van der Waals surface area contributed by atoms with Crippen molar-refractivity contribution in [2.75, 3.05) is 26.1 Å². The van der Waals surface area contributed by atoms with Gasteiger partial charge in [0.05, 0.1) is 24.9 Å². The minimum atomic E-state index is -0.377. The van der Waals surface area contributed by atoms with E-state index in [4.69, 9.17) is 26.2 Å². The molecule has 1 aromatic carbocycles. The number of anilines is 1. The highest BCUT2D eigenvalue weighted by molar-refractivity contribution is 6.32. The van der Waals surface area contributed by atoms with Crippen LogP contribution >= 0.6 is 11.6 Å². The van der Waals surface area contributed by atoms with Gasteiger partial charge in [0, 0.05) is 24.8 Å². The summed E-state index contributed by atoms with van der Waals surface area (Å²) in [4.78, 5) is 12.0.